The summed E-state index contributed by atoms with van der Waals surface area (Å²) < 4.78 is 4.04. The minimum atomic E-state index is -0.761. The molecule has 1 fully saturated rings. The summed E-state index contributed by atoms with van der Waals surface area (Å²) in [6, 6.07) is 14.4. The molecular formula is C24H19BrIN3O3. The molecule has 0 atom stereocenters. The van der Waals surface area contributed by atoms with Crippen LogP contribution in [0.4, 0.5) is 10.5 Å². The molecule has 0 spiro atoms. The van der Waals surface area contributed by atoms with Crippen LogP contribution >= 0.6 is 38.5 Å². The largest absolute Gasteiger partial charge is 0.335 e. The van der Waals surface area contributed by atoms with Crippen molar-refractivity contribution in [1.29, 1.82) is 0 Å². The van der Waals surface area contributed by atoms with E-state index in [0.717, 1.165) is 41.1 Å². The second-order valence-electron chi connectivity index (χ2n) is 7.53. The van der Waals surface area contributed by atoms with E-state index in [9.17, 15) is 14.4 Å². The molecule has 1 aliphatic rings. The number of aryl methyl sites for hydroxylation is 2. The fourth-order valence-electron chi connectivity index (χ4n) is 3.76. The summed E-state index contributed by atoms with van der Waals surface area (Å²) in [5, 5.41) is 2.28. The highest BCUT2D eigenvalue weighted by atomic mass is 127. The van der Waals surface area contributed by atoms with Gasteiger partial charge in [0.2, 0.25) is 0 Å². The third kappa shape index (κ3) is 4.04. The molecule has 0 saturated carbocycles. The highest BCUT2D eigenvalue weighted by Crippen LogP contribution is 2.28. The number of nitrogens with zero attached hydrogens (tertiary/aromatic N) is 2. The van der Waals surface area contributed by atoms with E-state index in [2.05, 4.69) is 54.5 Å². The van der Waals surface area contributed by atoms with E-state index >= 15 is 0 Å². The molecule has 0 aliphatic carbocycles. The minimum absolute atomic E-state index is 0.0898. The highest BCUT2D eigenvalue weighted by Gasteiger charge is 2.37. The Kier molecular flexibility index (Phi) is 6.09. The molecule has 1 N–H and O–H groups in total. The van der Waals surface area contributed by atoms with Crippen LogP contribution in [0.25, 0.3) is 11.8 Å². The number of nitrogens with one attached hydrogen (secondary N) is 1. The zero-order valence-corrected chi connectivity index (χ0v) is 21.3. The molecule has 0 radical (unpaired) electrons. The number of imide groups is 2. The minimum Gasteiger partial charge on any atom is -0.318 e. The van der Waals surface area contributed by atoms with Crippen molar-refractivity contribution in [2.75, 3.05) is 4.90 Å². The highest BCUT2D eigenvalue weighted by molar-refractivity contribution is 14.1. The van der Waals surface area contributed by atoms with E-state index in [1.54, 1.807) is 24.3 Å². The number of benzene rings is 2. The van der Waals surface area contributed by atoms with Crippen LogP contribution in [0.3, 0.4) is 0 Å². The van der Waals surface area contributed by atoms with Crippen LogP contribution in [0.2, 0.25) is 0 Å². The fourth-order valence-corrected chi connectivity index (χ4v) is 4.53. The van der Waals surface area contributed by atoms with E-state index in [0.29, 0.717) is 5.69 Å². The number of rotatable bonds is 3. The third-order valence-electron chi connectivity index (χ3n) is 5.34. The average Bonchev–Trinajstić information content (AvgIpc) is 3.00. The molecule has 1 aromatic heterocycles. The van der Waals surface area contributed by atoms with Crippen LogP contribution in [-0.2, 0) is 9.59 Å². The Balaban J connectivity index is 1.77. The standard InChI is InChI=1S/C24H19BrIN3O3/c1-13-9-19(7-8-21(13)25)29-23(31)20(22(30)27-24(29)32)11-16-10-14(2)28(15(16)3)18-6-4-5-17(26)12-18/h4-12H,1-3H3,(H,27,30,32)/b20-11+. The number of hydrogen-bond donors (Lipinski definition) is 1. The van der Waals surface area contributed by atoms with Gasteiger partial charge in [-0.15, -0.1) is 0 Å². The number of carbonyl (C=O) groups is 3. The lowest BCUT2D eigenvalue weighted by atomic mass is 10.1. The smallest absolute Gasteiger partial charge is 0.318 e. The zero-order chi connectivity index (χ0) is 23.2. The van der Waals surface area contributed by atoms with E-state index in [1.165, 1.54) is 0 Å². The number of urea groups is 1. The first-order valence-electron chi connectivity index (χ1n) is 9.80. The molecule has 32 heavy (non-hydrogen) atoms. The lowest BCUT2D eigenvalue weighted by Crippen LogP contribution is -2.54. The van der Waals surface area contributed by atoms with Crippen molar-refractivity contribution >= 4 is 68.1 Å². The third-order valence-corrected chi connectivity index (χ3v) is 6.90. The van der Waals surface area contributed by atoms with E-state index in [-0.39, 0.29) is 5.57 Å². The van der Waals surface area contributed by atoms with Crippen molar-refractivity contribution in [2.45, 2.75) is 20.8 Å². The average molecular weight is 604 g/mol. The van der Waals surface area contributed by atoms with Gasteiger partial charge in [-0.2, -0.15) is 0 Å². The second kappa shape index (κ2) is 8.67. The van der Waals surface area contributed by atoms with Crippen molar-refractivity contribution in [3.8, 4) is 5.69 Å². The Labute approximate surface area is 207 Å². The number of aromatic nitrogens is 1. The lowest BCUT2D eigenvalue weighted by molar-refractivity contribution is -0.122. The van der Waals surface area contributed by atoms with Crippen LogP contribution in [0.5, 0.6) is 0 Å². The molecule has 2 heterocycles. The fraction of sp³-hybridized carbons (Fsp3) is 0.125. The van der Waals surface area contributed by atoms with E-state index in [1.807, 2.05) is 45.0 Å². The molecular weight excluding hydrogens is 585 g/mol. The van der Waals surface area contributed by atoms with Gasteiger partial charge in [-0.05, 0) is 103 Å². The van der Waals surface area contributed by atoms with Crippen LogP contribution < -0.4 is 10.2 Å². The monoisotopic (exact) mass is 603 g/mol. The molecule has 6 nitrogen and oxygen atoms in total. The quantitative estimate of drug-likeness (QED) is 0.246. The van der Waals surface area contributed by atoms with Crippen LogP contribution in [0, 0.1) is 24.3 Å². The van der Waals surface area contributed by atoms with Crippen LogP contribution in [-0.4, -0.2) is 22.4 Å². The summed E-state index contributed by atoms with van der Waals surface area (Å²) in [7, 11) is 0. The topological polar surface area (TPSA) is 71.4 Å². The number of hydrogen-bond acceptors (Lipinski definition) is 3. The molecule has 8 heteroatoms. The molecule has 4 rings (SSSR count). The Morgan fingerprint density at radius 3 is 2.41 bits per heavy atom. The number of halogens is 2. The molecule has 4 amide bonds. The number of carbonyl (C=O) groups excluding carboxylic acids is 3. The van der Waals surface area contributed by atoms with Crippen LogP contribution in [0.15, 0.2) is 58.6 Å². The van der Waals surface area contributed by atoms with Gasteiger partial charge in [-0.1, -0.05) is 22.0 Å². The second-order valence-corrected chi connectivity index (χ2v) is 9.63. The molecule has 1 saturated heterocycles. The summed E-state index contributed by atoms with van der Waals surface area (Å²) in [5.74, 6) is -1.36. The molecule has 162 valence electrons. The van der Waals surface area contributed by atoms with Gasteiger partial charge in [-0.3, -0.25) is 14.9 Å². The zero-order valence-electron chi connectivity index (χ0n) is 17.6. The summed E-state index contributed by atoms with van der Waals surface area (Å²) in [6.45, 7) is 5.77. The first-order valence-corrected chi connectivity index (χ1v) is 11.7. The molecule has 0 unspecified atom stereocenters. The molecule has 0 bridgehead atoms. The number of anilines is 1. The predicted octanol–water partition coefficient (Wildman–Crippen LogP) is 5.44. The van der Waals surface area contributed by atoms with Crippen LogP contribution in [0.1, 0.15) is 22.5 Å². The maximum absolute atomic E-state index is 13.2. The van der Waals surface area contributed by atoms with Gasteiger partial charge in [0.1, 0.15) is 5.57 Å². The molecule has 3 aromatic rings. The Bertz CT molecular complexity index is 1330. The lowest BCUT2D eigenvalue weighted by Gasteiger charge is -2.26. The Hall–Kier alpha value is -2.72. The first-order chi connectivity index (χ1) is 15.2. The summed E-state index contributed by atoms with van der Waals surface area (Å²) in [6.07, 6.45) is 1.55. The summed E-state index contributed by atoms with van der Waals surface area (Å²) in [4.78, 5) is 39.3. The van der Waals surface area contributed by atoms with Crippen molar-refractivity contribution in [1.82, 2.24) is 9.88 Å². The van der Waals surface area contributed by atoms with Crippen molar-refractivity contribution < 1.29 is 14.4 Å². The van der Waals surface area contributed by atoms with Gasteiger partial charge in [0, 0.05) is 25.1 Å². The normalized spacial score (nSPS) is 15.5. The maximum Gasteiger partial charge on any atom is 0.335 e. The van der Waals surface area contributed by atoms with Gasteiger partial charge in [0.15, 0.2) is 0 Å². The first kappa shape index (κ1) is 22.5. The Morgan fingerprint density at radius 1 is 0.969 bits per heavy atom. The SMILES string of the molecule is Cc1cc(N2C(=O)NC(=O)/C(=C\c3cc(C)n(-c4cccc(I)c4)c3C)C2=O)ccc1Br. The summed E-state index contributed by atoms with van der Waals surface area (Å²) in [5.41, 5.74) is 4.77. The number of barbiturate groups is 1. The van der Waals surface area contributed by atoms with Crippen molar-refractivity contribution in [3.63, 3.8) is 0 Å². The molecule has 2 aromatic carbocycles. The van der Waals surface area contributed by atoms with Gasteiger partial charge in [-0.25, -0.2) is 9.69 Å². The Morgan fingerprint density at radius 2 is 1.72 bits per heavy atom. The van der Waals surface area contributed by atoms with Gasteiger partial charge in [0.05, 0.1) is 5.69 Å². The van der Waals surface area contributed by atoms with Gasteiger partial charge < -0.3 is 4.57 Å². The molecule has 1 aliphatic heterocycles. The van der Waals surface area contributed by atoms with E-state index in [4.69, 9.17) is 0 Å². The van der Waals surface area contributed by atoms with Gasteiger partial charge >= 0.3 is 6.03 Å². The summed E-state index contributed by atoms with van der Waals surface area (Å²) >= 11 is 5.68. The van der Waals surface area contributed by atoms with Gasteiger partial charge in [0.25, 0.3) is 11.8 Å². The van der Waals surface area contributed by atoms with Crippen molar-refractivity contribution in [3.05, 3.63) is 84.7 Å². The van der Waals surface area contributed by atoms with E-state index < -0.39 is 17.8 Å². The van der Waals surface area contributed by atoms with Crippen molar-refractivity contribution in [2.24, 2.45) is 0 Å². The maximum atomic E-state index is 13.2. The predicted molar refractivity (Wildman–Crippen MR) is 136 cm³/mol. The number of amides is 4.